The van der Waals surface area contributed by atoms with E-state index in [0.717, 1.165) is 19.3 Å². The summed E-state index contributed by atoms with van der Waals surface area (Å²) in [6, 6.07) is 6.62. The van der Waals surface area contributed by atoms with Gasteiger partial charge in [-0.25, -0.2) is 14.6 Å². The summed E-state index contributed by atoms with van der Waals surface area (Å²) in [6.45, 7) is 6.52. The van der Waals surface area contributed by atoms with Crippen LogP contribution >= 0.6 is 0 Å². The highest BCUT2D eigenvalue weighted by Crippen LogP contribution is 2.36. The lowest BCUT2D eigenvalue weighted by molar-refractivity contribution is -0.0178. The molecule has 156 valence electrons. The number of carbonyl (C=O) groups excluding carboxylic acids is 2. The first-order valence-electron chi connectivity index (χ1n) is 10.1. The van der Waals surface area contributed by atoms with Crippen molar-refractivity contribution in [3.8, 4) is 5.75 Å². The molecule has 0 radical (unpaired) electrons. The maximum atomic E-state index is 13.0. The normalized spacial score (nSPS) is 21.8. The molecule has 1 aromatic carbocycles. The minimum absolute atomic E-state index is 0.115. The standard InChI is InChI=1S/C23H29NO5/c1-13(2)16-8-6-14(3)10-21(16)29-23(26)20-12-18(22(25)28-5)17-11-15(27-4)7-9-19(17)24-20/h7,9,11-14,16,21H,6,8,10H2,1-5H3/t14-,16+,21?/m1/s1. The van der Waals surface area contributed by atoms with Gasteiger partial charge in [0.05, 0.1) is 25.3 Å². The van der Waals surface area contributed by atoms with Crippen LogP contribution in [0.5, 0.6) is 5.75 Å². The van der Waals surface area contributed by atoms with Gasteiger partial charge in [-0.1, -0.05) is 27.2 Å². The molecule has 1 aromatic heterocycles. The molecule has 3 rings (SSSR count). The number of methoxy groups -OCH3 is 2. The lowest BCUT2D eigenvalue weighted by atomic mass is 9.75. The molecular weight excluding hydrogens is 370 g/mol. The van der Waals surface area contributed by atoms with Gasteiger partial charge in [0, 0.05) is 5.39 Å². The maximum Gasteiger partial charge on any atom is 0.357 e. The van der Waals surface area contributed by atoms with Crippen LogP contribution in [0, 0.1) is 17.8 Å². The number of hydrogen-bond acceptors (Lipinski definition) is 6. The van der Waals surface area contributed by atoms with E-state index in [1.54, 1.807) is 25.3 Å². The Morgan fingerprint density at radius 1 is 1.10 bits per heavy atom. The quantitative estimate of drug-likeness (QED) is 0.682. The second-order valence-electron chi connectivity index (χ2n) is 8.20. The molecule has 29 heavy (non-hydrogen) atoms. The number of rotatable bonds is 5. The van der Waals surface area contributed by atoms with Crippen molar-refractivity contribution >= 4 is 22.8 Å². The molecule has 1 aliphatic carbocycles. The van der Waals surface area contributed by atoms with Crippen molar-refractivity contribution in [3.05, 3.63) is 35.5 Å². The molecule has 0 bridgehead atoms. The predicted octanol–water partition coefficient (Wildman–Crippen LogP) is 4.65. The molecule has 1 heterocycles. The van der Waals surface area contributed by atoms with E-state index in [4.69, 9.17) is 14.2 Å². The fraction of sp³-hybridized carbons (Fsp3) is 0.522. The zero-order chi connectivity index (χ0) is 21.1. The van der Waals surface area contributed by atoms with E-state index in [1.165, 1.54) is 13.2 Å². The summed E-state index contributed by atoms with van der Waals surface area (Å²) in [5.74, 6) is 0.841. The van der Waals surface area contributed by atoms with E-state index in [9.17, 15) is 9.59 Å². The second-order valence-corrected chi connectivity index (χ2v) is 8.20. The monoisotopic (exact) mass is 399 g/mol. The Labute approximate surface area is 171 Å². The Hall–Kier alpha value is -2.63. The third-order valence-electron chi connectivity index (χ3n) is 5.85. The summed E-state index contributed by atoms with van der Waals surface area (Å²) in [6.07, 6.45) is 2.92. The van der Waals surface area contributed by atoms with E-state index in [2.05, 4.69) is 25.8 Å². The molecule has 0 amide bonds. The van der Waals surface area contributed by atoms with Gasteiger partial charge in [-0.05, 0) is 54.9 Å². The molecule has 0 aliphatic heterocycles. The van der Waals surface area contributed by atoms with Gasteiger partial charge < -0.3 is 14.2 Å². The van der Waals surface area contributed by atoms with E-state index >= 15 is 0 Å². The van der Waals surface area contributed by atoms with Gasteiger partial charge in [-0.3, -0.25) is 0 Å². The van der Waals surface area contributed by atoms with Crippen molar-refractivity contribution in [1.29, 1.82) is 0 Å². The highest BCUT2D eigenvalue weighted by molar-refractivity contribution is 6.06. The molecule has 2 aromatic rings. The first-order valence-corrected chi connectivity index (χ1v) is 10.1. The zero-order valence-corrected chi connectivity index (χ0v) is 17.7. The van der Waals surface area contributed by atoms with Crippen LogP contribution in [-0.4, -0.2) is 37.2 Å². The van der Waals surface area contributed by atoms with Crippen molar-refractivity contribution in [1.82, 2.24) is 4.98 Å². The summed E-state index contributed by atoms with van der Waals surface area (Å²) in [4.78, 5) is 29.7. The van der Waals surface area contributed by atoms with E-state index in [-0.39, 0.29) is 17.4 Å². The van der Waals surface area contributed by atoms with E-state index < -0.39 is 11.9 Å². The Morgan fingerprint density at radius 3 is 2.52 bits per heavy atom. The zero-order valence-electron chi connectivity index (χ0n) is 17.7. The molecule has 1 unspecified atom stereocenters. The summed E-state index contributed by atoms with van der Waals surface area (Å²) < 4.78 is 16.1. The summed E-state index contributed by atoms with van der Waals surface area (Å²) >= 11 is 0. The molecule has 1 aliphatic rings. The van der Waals surface area contributed by atoms with E-state index in [0.29, 0.717) is 34.4 Å². The van der Waals surface area contributed by atoms with Gasteiger partial charge in [-0.2, -0.15) is 0 Å². The van der Waals surface area contributed by atoms with Gasteiger partial charge in [0.15, 0.2) is 0 Å². The fourth-order valence-electron chi connectivity index (χ4n) is 4.16. The molecule has 0 N–H and O–H groups in total. The molecular formula is C23H29NO5. The number of esters is 2. The van der Waals surface area contributed by atoms with Crippen LogP contribution in [0.15, 0.2) is 24.3 Å². The number of ether oxygens (including phenoxy) is 3. The van der Waals surface area contributed by atoms with Crippen molar-refractivity contribution in [3.63, 3.8) is 0 Å². The SMILES string of the molecule is COC(=O)c1cc(C(=O)OC2C[C@H](C)CC[C@H]2C(C)C)nc2ccc(OC)cc12. The lowest BCUT2D eigenvalue weighted by Crippen LogP contribution is -2.36. The Kier molecular flexibility index (Phi) is 6.40. The number of nitrogens with zero attached hydrogens (tertiary/aromatic N) is 1. The predicted molar refractivity (Wildman–Crippen MR) is 110 cm³/mol. The van der Waals surface area contributed by atoms with Crippen molar-refractivity contribution in [2.45, 2.75) is 46.1 Å². The smallest absolute Gasteiger partial charge is 0.357 e. The molecule has 3 atom stereocenters. The first-order chi connectivity index (χ1) is 13.8. The van der Waals surface area contributed by atoms with Crippen molar-refractivity contribution < 1.29 is 23.8 Å². The Morgan fingerprint density at radius 2 is 1.86 bits per heavy atom. The van der Waals surface area contributed by atoms with E-state index in [1.807, 2.05) is 0 Å². The fourth-order valence-corrected chi connectivity index (χ4v) is 4.16. The molecule has 1 saturated carbocycles. The minimum Gasteiger partial charge on any atom is -0.497 e. The van der Waals surface area contributed by atoms with Crippen LogP contribution in [-0.2, 0) is 9.47 Å². The van der Waals surface area contributed by atoms with Crippen LogP contribution in [0.25, 0.3) is 10.9 Å². The van der Waals surface area contributed by atoms with Gasteiger partial charge in [0.2, 0.25) is 0 Å². The van der Waals surface area contributed by atoms with Crippen molar-refractivity contribution in [2.75, 3.05) is 14.2 Å². The molecule has 0 saturated heterocycles. The van der Waals surface area contributed by atoms with Crippen LogP contribution in [0.2, 0.25) is 0 Å². The summed E-state index contributed by atoms with van der Waals surface area (Å²) in [5, 5.41) is 0.569. The third kappa shape index (κ3) is 4.52. The molecule has 6 heteroatoms. The number of benzene rings is 1. The number of fused-ring (bicyclic) bond motifs is 1. The van der Waals surface area contributed by atoms with Crippen LogP contribution < -0.4 is 4.74 Å². The maximum absolute atomic E-state index is 13.0. The van der Waals surface area contributed by atoms with Gasteiger partial charge in [0.25, 0.3) is 0 Å². The number of hydrogen-bond donors (Lipinski definition) is 0. The number of aromatic nitrogens is 1. The highest BCUT2D eigenvalue weighted by Gasteiger charge is 2.34. The highest BCUT2D eigenvalue weighted by atomic mass is 16.5. The summed E-state index contributed by atoms with van der Waals surface area (Å²) in [7, 11) is 2.86. The Bertz CT molecular complexity index is 908. The van der Waals surface area contributed by atoms with Crippen LogP contribution in [0.3, 0.4) is 0 Å². The molecule has 6 nitrogen and oxygen atoms in total. The van der Waals surface area contributed by atoms with Crippen LogP contribution in [0.4, 0.5) is 0 Å². The topological polar surface area (TPSA) is 74.7 Å². The molecule has 1 fully saturated rings. The largest absolute Gasteiger partial charge is 0.497 e. The Balaban J connectivity index is 1.96. The van der Waals surface area contributed by atoms with Gasteiger partial charge in [0.1, 0.15) is 17.5 Å². The number of carbonyl (C=O) groups is 2. The average Bonchev–Trinajstić information content (AvgIpc) is 2.71. The third-order valence-corrected chi connectivity index (χ3v) is 5.85. The van der Waals surface area contributed by atoms with Gasteiger partial charge >= 0.3 is 11.9 Å². The average molecular weight is 399 g/mol. The van der Waals surface area contributed by atoms with Gasteiger partial charge in [-0.15, -0.1) is 0 Å². The number of pyridine rings is 1. The second kappa shape index (κ2) is 8.80. The lowest BCUT2D eigenvalue weighted by Gasteiger charge is -2.36. The summed E-state index contributed by atoms with van der Waals surface area (Å²) in [5.41, 5.74) is 0.891. The van der Waals surface area contributed by atoms with Crippen LogP contribution in [0.1, 0.15) is 60.9 Å². The first kappa shape index (κ1) is 21.1. The minimum atomic E-state index is -0.536. The molecule has 0 spiro atoms. The van der Waals surface area contributed by atoms with Crippen molar-refractivity contribution in [2.24, 2.45) is 17.8 Å².